The van der Waals surface area contributed by atoms with Gasteiger partial charge in [0, 0.05) is 25.9 Å². The standard InChI is InChI=1S/C52H78N8O8/c1-31(53-9)45(61)57-43(51(3,4)5)49(65)59-29-35(27-41(59)47(63)55-39-23-15-19-33-17-11-13-21-37(33)39)67-25-26-68-36-28-42(48(64)56-40-24-16-20-34-18-12-14-22-38(34)40)60(30-36)50(66)44(52(6,7)8)58-46(62)32(2)54-10/h11-14,17-18,21-22,31-32,35-36,39-44,53-54H,15-16,19-20,23-30H2,1-10H3,(H,55,63)(H,56,64)(H,57,61)(H,58,62)/t31-,32-,35-,36-,39+,40+,41-,42?,43+,44+/m0/s1. The fourth-order valence-electron chi connectivity index (χ4n) is 10.0. The zero-order valence-electron chi connectivity index (χ0n) is 42.0. The van der Waals surface area contributed by atoms with E-state index >= 15 is 0 Å². The van der Waals surface area contributed by atoms with E-state index in [0.29, 0.717) is 0 Å². The minimum atomic E-state index is -0.914. The van der Waals surface area contributed by atoms with Crippen LogP contribution in [0.4, 0.5) is 0 Å². The molecule has 2 aliphatic carbocycles. The number of ether oxygens (including phenoxy) is 2. The number of fused-ring (bicyclic) bond motifs is 2. The Balaban J connectivity index is 1.16. The predicted molar refractivity (Wildman–Crippen MR) is 260 cm³/mol. The van der Waals surface area contributed by atoms with Crippen molar-refractivity contribution in [2.24, 2.45) is 10.8 Å². The minimum absolute atomic E-state index is 0.124. The molecule has 6 N–H and O–H groups in total. The van der Waals surface area contributed by atoms with Gasteiger partial charge in [0.05, 0.1) is 49.6 Å². The molecule has 2 aromatic carbocycles. The van der Waals surface area contributed by atoms with Gasteiger partial charge in [-0.25, -0.2) is 0 Å². The van der Waals surface area contributed by atoms with Crippen molar-refractivity contribution in [2.45, 2.75) is 167 Å². The lowest BCUT2D eigenvalue weighted by Crippen LogP contribution is -2.59. The molecule has 16 heteroatoms. The number of nitrogens with zero attached hydrogens (tertiary/aromatic N) is 2. The molecule has 1 unspecified atom stereocenters. The molecule has 6 rings (SSSR count). The average molecular weight is 943 g/mol. The first-order valence-electron chi connectivity index (χ1n) is 24.8. The summed E-state index contributed by atoms with van der Waals surface area (Å²) in [4.78, 5) is 87.4. The monoisotopic (exact) mass is 943 g/mol. The van der Waals surface area contributed by atoms with E-state index in [9.17, 15) is 28.8 Å². The van der Waals surface area contributed by atoms with E-state index < -0.39 is 59.3 Å². The van der Waals surface area contributed by atoms with Gasteiger partial charge in [0.1, 0.15) is 24.2 Å². The smallest absolute Gasteiger partial charge is 0.246 e. The molecule has 0 bridgehead atoms. The van der Waals surface area contributed by atoms with Crippen LogP contribution in [0.2, 0.25) is 0 Å². The van der Waals surface area contributed by atoms with Gasteiger partial charge in [0.25, 0.3) is 0 Å². The molecular weight excluding hydrogens is 865 g/mol. The number of rotatable bonds is 17. The van der Waals surface area contributed by atoms with Crippen molar-refractivity contribution in [3.05, 3.63) is 70.8 Å². The maximum Gasteiger partial charge on any atom is 0.246 e. The molecule has 16 nitrogen and oxygen atoms in total. The van der Waals surface area contributed by atoms with Gasteiger partial charge in [0.2, 0.25) is 35.4 Å². The lowest BCUT2D eigenvalue weighted by atomic mass is 9.85. The summed E-state index contributed by atoms with van der Waals surface area (Å²) in [7, 11) is 3.36. The maximum absolute atomic E-state index is 14.6. The summed E-state index contributed by atoms with van der Waals surface area (Å²) in [6.07, 6.45) is 4.77. The van der Waals surface area contributed by atoms with E-state index in [1.54, 1.807) is 37.7 Å². The number of carbonyl (C=O) groups excluding carboxylic acids is 6. The second-order valence-electron chi connectivity index (χ2n) is 21.4. The second-order valence-corrected chi connectivity index (χ2v) is 21.4. The number of hydrogen-bond donors (Lipinski definition) is 6. The fraction of sp³-hybridized carbons (Fsp3) is 0.654. The quantitative estimate of drug-likeness (QED) is 0.127. The van der Waals surface area contributed by atoms with Gasteiger partial charge in [0.15, 0.2) is 0 Å². The number of likely N-dealkylation sites (tertiary alicyclic amines) is 2. The molecule has 10 atom stereocenters. The zero-order valence-corrected chi connectivity index (χ0v) is 42.0. The number of carbonyl (C=O) groups is 6. The maximum atomic E-state index is 14.6. The molecule has 6 amide bonds. The van der Waals surface area contributed by atoms with Gasteiger partial charge >= 0.3 is 0 Å². The molecule has 374 valence electrons. The molecule has 2 heterocycles. The molecule has 0 aromatic heterocycles. The number of hydrogen-bond acceptors (Lipinski definition) is 10. The highest BCUT2D eigenvalue weighted by Crippen LogP contribution is 2.34. The Bertz CT molecular complexity index is 1970. The minimum Gasteiger partial charge on any atom is -0.374 e. The molecular formula is C52H78N8O8. The highest BCUT2D eigenvalue weighted by atomic mass is 16.5. The number of aryl methyl sites for hydroxylation is 2. The van der Waals surface area contributed by atoms with Crippen LogP contribution in [-0.2, 0) is 51.1 Å². The first kappa shape index (κ1) is 52.5. The highest BCUT2D eigenvalue weighted by molar-refractivity contribution is 5.95. The van der Waals surface area contributed by atoms with Gasteiger partial charge in [-0.05, 0) is 99.6 Å². The molecule has 2 saturated heterocycles. The Morgan fingerprint density at radius 2 is 0.971 bits per heavy atom. The van der Waals surface area contributed by atoms with Crippen molar-refractivity contribution >= 4 is 35.4 Å². The Hall–Kier alpha value is -4.90. The van der Waals surface area contributed by atoms with Crippen LogP contribution in [0.15, 0.2) is 48.5 Å². The van der Waals surface area contributed by atoms with Crippen molar-refractivity contribution in [1.29, 1.82) is 0 Å². The van der Waals surface area contributed by atoms with Crippen molar-refractivity contribution in [3.8, 4) is 0 Å². The van der Waals surface area contributed by atoms with Gasteiger partial charge in [-0.3, -0.25) is 28.8 Å². The third kappa shape index (κ3) is 12.6. The van der Waals surface area contributed by atoms with Gasteiger partial charge in [-0.1, -0.05) is 90.1 Å². The van der Waals surface area contributed by atoms with E-state index in [4.69, 9.17) is 9.47 Å². The third-order valence-electron chi connectivity index (χ3n) is 14.3. The number of benzene rings is 2. The molecule has 0 radical (unpaired) electrons. The Morgan fingerprint density at radius 3 is 1.32 bits per heavy atom. The van der Waals surface area contributed by atoms with Crippen LogP contribution in [-0.4, -0.2) is 134 Å². The largest absolute Gasteiger partial charge is 0.374 e. The third-order valence-corrected chi connectivity index (χ3v) is 14.3. The van der Waals surface area contributed by atoms with Gasteiger partial charge in [-0.15, -0.1) is 0 Å². The highest BCUT2D eigenvalue weighted by Gasteiger charge is 2.48. The lowest BCUT2D eigenvalue weighted by molar-refractivity contribution is -0.144. The average Bonchev–Trinajstić information content (AvgIpc) is 3.95. The summed E-state index contributed by atoms with van der Waals surface area (Å²) < 4.78 is 12.8. The van der Waals surface area contributed by atoms with Crippen molar-refractivity contribution < 1.29 is 38.2 Å². The molecule has 2 aromatic rings. The van der Waals surface area contributed by atoms with Crippen LogP contribution in [0.3, 0.4) is 0 Å². The van der Waals surface area contributed by atoms with E-state index in [-0.39, 0.29) is 86.7 Å². The van der Waals surface area contributed by atoms with Crippen molar-refractivity contribution in [3.63, 3.8) is 0 Å². The molecule has 2 aliphatic heterocycles. The van der Waals surface area contributed by atoms with Crippen molar-refractivity contribution in [2.75, 3.05) is 40.4 Å². The van der Waals surface area contributed by atoms with Gasteiger partial charge < -0.3 is 51.2 Å². The fourth-order valence-corrected chi connectivity index (χ4v) is 10.0. The molecule has 0 spiro atoms. The summed E-state index contributed by atoms with van der Waals surface area (Å²) in [6.45, 7) is 15.3. The number of likely N-dealkylation sites (N-methyl/N-ethyl adjacent to an activating group) is 2. The topological polar surface area (TPSA) is 200 Å². The first-order chi connectivity index (χ1) is 32.2. The van der Waals surface area contributed by atoms with E-state index in [0.717, 1.165) is 49.7 Å². The number of nitrogens with one attached hydrogen (secondary N) is 6. The van der Waals surface area contributed by atoms with Crippen LogP contribution < -0.4 is 31.9 Å². The van der Waals surface area contributed by atoms with Crippen LogP contribution in [0.25, 0.3) is 0 Å². The SMILES string of the molecule is CN[C@@H](C)C(=O)N[C@H](C(=O)N1C[C@@H](OCCO[C@H]2C[C@@H](C(=O)N[C@@H]3CCCc4ccccc43)N(C(=O)[C@@H](NC(=O)[C@H](C)NC)C(C)(C)C)C2)CC1C(=O)N[C@@H]1CCCc2ccccc21)C(C)(C)C. The van der Waals surface area contributed by atoms with Crippen LogP contribution in [0.5, 0.6) is 0 Å². The molecule has 0 saturated carbocycles. The van der Waals surface area contributed by atoms with E-state index in [2.05, 4.69) is 44.0 Å². The Morgan fingerprint density at radius 1 is 0.603 bits per heavy atom. The first-order valence-corrected chi connectivity index (χ1v) is 24.8. The summed E-state index contributed by atoms with van der Waals surface area (Å²) in [5.41, 5.74) is 3.23. The summed E-state index contributed by atoms with van der Waals surface area (Å²) in [6, 6.07) is 11.3. The molecule has 4 aliphatic rings. The van der Waals surface area contributed by atoms with Crippen LogP contribution in [0.1, 0.15) is 128 Å². The van der Waals surface area contributed by atoms with Crippen LogP contribution >= 0.6 is 0 Å². The Labute approximate surface area is 403 Å². The summed E-state index contributed by atoms with van der Waals surface area (Å²) >= 11 is 0. The normalized spacial score (nSPS) is 24.4. The summed E-state index contributed by atoms with van der Waals surface area (Å²) in [5, 5.41) is 18.3. The lowest BCUT2D eigenvalue weighted by Gasteiger charge is -2.36. The summed E-state index contributed by atoms with van der Waals surface area (Å²) in [5.74, 6) is -1.90. The zero-order chi connectivity index (χ0) is 49.5. The Kier molecular flexibility index (Phi) is 17.5. The van der Waals surface area contributed by atoms with Crippen LogP contribution in [0, 0.1) is 10.8 Å². The van der Waals surface area contributed by atoms with Gasteiger partial charge in [-0.2, -0.15) is 0 Å². The molecule has 68 heavy (non-hydrogen) atoms. The molecule has 2 fully saturated rings. The predicted octanol–water partition coefficient (Wildman–Crippen LogP) is 3.62. The van der Waals surface area contributed by atoms with E-state index in [1.165, 1.54) is 11.1 Å². The number of amides is 6. The van der Waals surface area contributed by atoms with E-state index in [1.807, 2.05) is 77.9 Å². The second kappa shape index (κ2) is 22.7. The van der Waals surface area contributed by atoms with Crippen molar-refractivity contribution in [1.82, 2.24) is 41.7 Å².